The summed E-state index contributed by atoms with van der Waals surface area (Å²) in [7, 11) is 0.750. The van der Waals surface area contributed by atoms with Crippen LogP contribution in [0.2, 0.25) is 13.1 Å². The summed E-state index contributed by atoms with van der Waals surface area (Å²) in [6.45, 7) is 19.5. The van der Waals surface area contributed by atoms with Crippen LogP contribution in [-0.4, -0.2) is 9.52 Å². The summed E-state index contributed by atoms with van der Waals surface area (Å²) >= 11 is 0. The molecule has 2 heteroatoms. The van der Waals surface area contributed by atoms with Gasteiger partial charge in [0, 0.05) is 9.52 Å². The van der Waals surface area contributed by atoms with Crippen molar-refractivity contribution in [1.82, 2.24) is 0 Å². The summed E-state index contributed by atoms with van der Waals surface area (Å²) in [5, 5.41) is 0. The molecule has 115 valence electrons. The van der Waals surface area contributed by atoms with Gasteiger partial charge in [-0.05, 0) is 0 Å². The van der Waals surface area contributed by atoms with Crippen molar-refractivity contribution < 1.29 is 26.2 Å². The smallest absolute Gasteiger partial charge is 0.250 e. The molecule has 1 aromatic rings. The summed E-state index contributed by atoms with van der Waals surface area (Å²) in [5.74, 6) is 0. The molecular formula is C19H31SiZr. The Morgan fingerprint density at radius 1 is 0.857 bits per heavy atom. The van der Waals surface area contributed by atoms with Gasteiger partial charge in [0.25, 0.3) is 0 Å². The molecule has 0 spiro atoms. The Hall–Kier alpha value is -0.0700. The topological polar surface area (TPSA) is 0 Å². The maximum atomic E-state index is 3.26. The van der Waals surface area contributed by atoms with Crippen molar-refractivity contribution >= 4 is 9.52 Å². The van der Waals surface area contributed by atoms with Crippen molar-refractivity contribution in [2.24, 2.45) is 0 Å². The van der Waals surface area contributed by atoms with Crippen LogP contribution in [0.25, 0.3) is 0 Å². The third kappa shape index (κ3) is 8.21. The van der Waals surface area contributed by atoms with E-state index in [0.717, 1.165) is 15.9 Å². The van der Waals surface area contributed by atoms with Crippen LogP contribution in [0.15, 0.2) is 22.8 Å². The van der Waals surface area contributed by atoms with Crippen LogP contribution >= 0.6 is 0 Å². The molecule has 2 rings (SSSR count). The Morgan fingerprint density at radius 2 is 1.24 bits per heavy atom. The van der Waals surface area contributed by atoms with E-state index in [1.54, 1.807) is 0 Å². The van der Waals surface area contributed by atoms with Crippen LogP contribution in [0.5, 0.6) is 0 Å². The fraction of sp³-hybridized carbons (Fsp3) is 0.526. The van der Waals surface area contributed by atoms with Gasteiger partial charge in [0.1, 0.15) is 0 Å². The summed E-state index contributed by atoms with van der Waals surface area (Å²) in [5.41, 5.74) is 9.93. The molecule has 21 heavy (non-hydrogen) atoms. The van der Waals surface area contributed by atoms with E-state index in [4.69, 9.17) is 0 Å². The molecule has 0 N–H and O–H groups in total. The van der Waals surface area contributed by atoms with Gasteiger partial charge < -0.3 is 0 Å². The second-order valence-corrected chi connectivity index (χ2v) is 6.98. The second kappa shape index (κ2) is 11.5. The zero-order valence-corrected chi connectivity index (χ0v) is 19.0. The molecular weight excluding hydrogens is 348 g/mol. The minimum atomic E-state index is 0. The fourth-order valence-corrected chi connectivity index (χ4v) is 2.13. The summed E-state index contributed by atoms with van der Waals surface area (Å²) in [6.07, 6.45) is 4.41. The zero-order valence-electron chi connectivity index (χ0n) is 15.4. The van der Waals surface area contributed by atoms with Gasteiger partial charge in [-0.3, -0.25) is 0 Å². The standard InChI is InChI=1S/C9H13.C8H11.C2H7Si.Zr/c1-6-5-7(2)9(4)8(6)3;1-6-4-7(2)8(3)5-6;1-3-2;/h5H,1-4H3;4H2,1-3H3;3H,1-2H3;/q2*-1;;+2. The Kier molecular flexibility index (Phi) is 12.7. The predicted octanol–water partition coefficient (Wildman–Crippen LogP) is 5.63. The van der Waals surface area contributed by atoms with Crippen LogP contribution in [0.1, 0.15) is 49.4 Å². The Balaban J connectivity index is 0. The molecule has 0 aromatic heterocycles. The molecule has 0 atom stereocenters. The van der Waals surface area contributed by atoms with Gasteiger partial charge in [-0.25, -0.2) is 17.2 Å². The molecule has 1 aliphatic rings. The van der Waals surface area contributed by atoms with E-state index in [1.807, 2.05) is 0 Å². The molecule has 0 fully saturated rings. The average molecular weight is 379 g/mol. The van der Waals surface area contributed by atoms with Crippen LogP contribution < -0.4 is 0 Å². The van der Waals surface area contributed by atoms with Crippen molar-refractivity contribution in [2.45, 2.75) is 68.0 Å². The van der Waals surface area contributed by atoms with E-state index in [-0.39, 0.29) is 26.2 Å². The largest absolute Gasteiger partial charge is 2.00 e. The first-order valence-electron chi connectivity index (χ1n) is 7.44. The average Bonchev–Trinajstić information content (AvgIpc) is 2.76. The molecule has 1 aliphatic carbocycles. The van der Waals surface area contributed by atoms with Crippen molar-refractivity contribution in [1.29, 1.82) is 0 Å². The molecule has 0 saturated carbocycles. The van der Waals surface area contributed by atoms with Gasteiger partial charge >= 0.3 is 26.2 Å². The SMILES string of the molecule is CC1=[C-]C(C)=C(C)C1.C[SiH]C.Cc1[cH-]c(C)c(C)c1C.[Zr+2]. The maximum absolute atomic E-state index is 3.26. The van der Waals surface area contributed by atoms with E-state index in [9.17, 15) is 0 Å². The van der Waals surface area contributed by atoms with E-state index >= 15 is 0 Å². The first kappa shape index (κ1) is 23.2. The third-order valence-electron chi connectivity index (χ3n) is 3.75. The first-order valence-corrected chi connectivity index (χ1v) is 9.75. The van der Waals surface area contributed by atoms with Crippen molar-refractivity contribution in [3.63, 3.8) is 0 Å². The van der Waals surface area contributed by atoms with Crippen molar-refractivity contribution in [3.8, 4) is 0 Å². The molecule has 0 unspecified atom stereocenters. The molecule has 0 aliphatic heterocycles. The predicted molar refractivity (Wildman–Crippen MR) is 95.3 cm³/mol. The van der Waals surface area contributed by atoms with Crippen molar-refractivity contribution in [3.05, 3.63) is 51.1 Å². The second-order valence-electron chi connectivity index (χ2n) is 5.83. The van der Waals surface area contributed by atoms with E-state index in [2.05, 4.69) is 73.7 Å². The fourth-order valence-electron chi connectivity index (χ4n) is 2.13. The molecule has 0 bridgehead atoms. The minimum absolute atomic E-state index is 0. The van der Waals surface area contributed by atoms with Gasteiger partial charge in [0.05, 0.1) is 0 Å². The minimum Gasteiger partial charge on any atom is -0.250 e. The number of allylic oxidation sites excluding steroid dienone is 4. The van der Waals surface area contributed by atoms with Gasteiger partial charge in [-0.1, -0.05) is 61.1 Å². The zero-order chi connectivity index (χ0) is 15.9. The number of aryl methyl sites for hydroxylation is 2. The van der Waals surface area contributed by atoms with Crippen LogP contribution in [-0.2, 0) is 26.2 Å². The van der Waals surface area contributed by atoms with E-state index in [0.29, 0.717) is 0 Å². The van der Waals surface area contributed by atoms with Gasteiger partial charge in [-0.15, -0.1) is 6.92 Å². The van der Waals surface area contributed by atoms with Crippen LogP contribution in [0, 0.1) is 33.8 Å². The van der Waals surface area contributed by atoms with Gasteiger partial charge in [-0.2, -0.15) is 33.9 Å². The Morgan fingerprint density at radius 3 is 1.33 bits per heavy atom. The molecule has 1 aromatic carbocycles. The number of rotatable bonds is 0. The van der Waals surface area contributed by atoms with Crippen molar-refractivity contribution in [2.75, 3.05) is 0 Å². The quantitative estimate of drug-likeness (QED) is 0.405. The summed E-state index contributed by atoms with van der Waals surface area (Å²) in [6, 6.07) is 2.24. The van der Waals surface area contributed by atoms with Crippen LogP contribution in [0.3, 0.4) is 0 Å². The number of hydrogen-bond acceptors (Lipinski definition) is 0. The Labute approximate surface area is 154 Å². The molecule has 0 heterocycles. The molecule has 1 radical (unpaired) electrons. The monoisotopic (exact) mass is 377 g/mol. The van der Waals surface area contributed by atoms with E-state index in [1.165, 1.54) is 39.0 Å². The maximum Gasteiger partial charge on any atom is 2.00 e. The molecule has 0 amide bonds. The Bertz CT molecular complexity index is 467. The van der Waals surface area contributed by atoms with Gasteiger partial charge in [0.15, 0.2) is 0 Å². The number of hydrogen-bond donors (Lipinski definition) is 0. The van der Waals surface area contributed by atoms with Crippen LogP contribution in [0.4, 0.5) is 0 Å². The first-order chi connectivity index (χ1) is 9.24. The third-order valence-corrected chi connectivity index (χ3v) is 3.75. The van der Waals surface area contributed by atoms with Gasteiger partial charge in [0.2, 0.25) is 0 Å². The van der Waals surface area contributed by atoms with E-state index < -0.39 is 0 Å². The summed E-state index contributed by atoms with van der Waals surface area (Å²) in [4.78, 5) is 0. The normalized spacial score (nSPS) is 12.7. The molecule has 0 nitrogen and oxygen atoms in total. The summed E-state index contributed by atoms with van der Waals surface area (Å²) < 4.78 is 0. The molecule has 0 saturated heterocycles.